The Labute approximate surface area is 177 Å². The van der Waals surface area contributed by atoms with Crippen molar-refractivity contribution in [1.82, 2.24) is 9.88 Å². The van der Waals surface area contributed by atoms with Crippen LogP contribution in [0, 0.1) is 16.7 Å². The number of rotatable bonds is 6. The smallest absolute Gasteiger partial charge is 0.310 e. The van der Waals surface area contributed by atoms with E-state index in [4.69, 9.17) is 0 Å². The number of benzene rings is 1. The fourth-order valence-electron chi connectivity index (χ4n) is 4.41. The molecule has 5 nitrogen and oxygen atoms in total. The van der Waals surface area contributed by atoms with Crippen molar-refractivity contribution < 1.29 is 15.0 Å². The van der Waals surface area contributed by atoms with Crippen LogP contribution in [0.15, 0.2) is 30.5 Å². The zero-order chi connectivity index (χ0) is 21.2. The fraction of sp³-hybridized carbons (Fsp3) is 0.565. The zero-order valence-electron chi connectivity index (χ0n) is 17.8. The lowest BCUT2D eigenvalue weighted by Gasteiger charge is -2.48. The third-order valence-corrected chi connectivity index (χ3v) is 7.15. The number of piperidine rings is 1. The molecule has 0 bridgehead atoms. The van der Waals surface area contributed by atoms with E-state index in [1.165, 1.54) is 0 Å². The SMILES string of the molecule is CCC[C@@]1(C(=O)O)C[C@@H](C(C)(C)C)CN(Cc2ncc(-c3ccccc3O)s2)C1. The average molecular weight is 417 g/mol. The second-order valence-corrected chi connectivity index (χ2v) is 10.5. The number of aromatic nitrogens is 1. The molecule has 1 aliphatic heterocycles. The minimum Gasteiger partial charge on any atom is -0.507 e. The monoisotopic (exact) mass is 416 g/mol. The Morgan fingerprint density at radius 2 is 2.07 bits per heavy atom. The number of phenols is 1. The third-order valence-electron chi connectivity index (χ3n) is 6.13. The maximum atomic E-state index is 12.3. The van der Waals surface area contributed by atoms with Crippen LogP contribution in [0.1, 0.15) is 52.0 Å². The summed E-state index contributed by atoms with van der Waals surface area (Å²) in [4.78, 5) is 20.1. The summed E-state index contributed by atoms with van der Waals surface area (Å²) in [5.74, 6) is -0.106. The molecule has 1 fully saturated rings. The van der Waals surface area contributed by atoms with Crippen molar-refractivity contribution in [3.63, 3.8) is 0 Å². The highest BCUT2D eigenvalue weighted by molar-refractivity contribution is 7.15. The summed E-state index contributed by atoms with van der Waals surface area (Å²) in [5, 5.41) is 21.2. The summed E-state index contributed by atoms with van der Waals surface area (Å²) < 4.78 is 0. The van der Waals surface area contributed by atoms with Gasteiger partial charge in [0.1, 0.15) is 10.8 Å². The molecule has 3 rings (SSSR count). The number of carboxylic acids is 1. The standard InChI is InChI=1S/C23H32N2O3S/c1-5-10-23(21(27)28)11-16(22(2,3)4)13-25(15-23)14-20-24-12-19(29-20)17-8-6-7-9-18(17)26/h6-9,12,16,26H,5,10-11,13-15H2,1-4H3,(H,27,28)/t16-,23-/m1/s1. The maximum Gasteiger partial charge on any atom is 0.310 e. The first-order valence-corrected chi connectivity index (χ1v) is 11.1. The van der Waals surface area contributed by atoms with E-state index in [1.54, 1.807) is 29.7 Å². The van der Waals surface area contributed by atoms with Crippen LogP contribution in [-0.2, 0) is 11.3 Å². The maximum absolute atomic E-state index is 12.3. The third kappa shape index (κ3) is 4.81. The van der Waals surface area contributed by atoms with E-state index < -0.39 is 11.4 Å². The molecule has 2 N–H and O–H groups in total. The minimum absolute atomic E-state index is 0.0526. The van der Waals surface area contributed by atoms with Crippen LogP contribution in [-0.4, -0.2) is 39.2 Å². The molecular formula is C23H32N2O3S. The van der Waals surface area contributed by atoms with E-state index in [9.17, 15) is 15.0 Å². The van der Waals surface area contributed by atoms with Gasteiger partial charge >= 0.3 is 5.97 Å². The van der Waals surface area contributed by atoms with E-state index in [0.29, 0.717) is 25.4 Å². The second-order valence-electron chi connectivity index (χ2n) is 9.41. The molecule has 0 saturated carbocycles. The highest BCUT2D eigenvalue weighted by atomic mass is 32.1. The van der Waals surface area contributed by atoms with Crippen molar-refractivity contribution in [3.05, 3.63) is 35.5 Å². The van der Waals surface area contributed by atoms with Crippen molar-refractivity contribution >= 4 is 17.3 Å². The molecule has 1 aromatic carbocycles. The quantitative estimate of drug-likeness (QED) is 0.672. The van der Waals surface area contributed by atoms with E-state index in [1.807, 2.05) is 12.1 Å². The number of carbonyl (C=O) groups is 1. The Hall–Kier alpha value is -1.92. The minimum atomic E-state index is -0.692. The predicted octanol–water partition coefficient (Wildman–Crippen LogP) is 5.25. The number of phenolic OH excluding ortho intramolecular Hbond substituents is 1. The number of nitrogens with zero attached hydrogens (tertiary/aromatic N) is 2. The van der Waals surface area contributed by atoms with Crippen LogP contribution in [0.4, 0.5) is 0 Å². The fourth-order valence-corrected chi connectivity index (χ4v) is 5.40. The van der Waals surface area contributed by atoms with E-state index in [0.717, 1.165) is 34.8 Å². The number of para-hydroxylation sites is 1. The summed E-state index contributed by atoms with van der Waals surface area (Å²) >= 11 is 1.56. The Bertz CT molecular complexity index is 858. The number of hydrogen-bond donors (Lipinski definition) is 2. The molecule has 1 saturated heterocycles. The molecule has 6 heteroatoms. The molecule has 29 heavy (non-hydrogen) atoms. The summed E-state index contributed by atoms with van der Waals surface area (Å²) in [5.41, 5.74) is 0.146. The van der Waals surface area contributed by atoms with Crippen LogP contribution < -0.4 is 0 Å². The Kier molecular flexibility index (Phi) is 6.34. The van der Waals surface area contributed by atoms with Gasteiger partial charge in [0.2, 0.25) is 0 Å². The van der Waals surface area contributed by atoms with Gasteiger partial charge in [-0.3, -0.25) is 9.69 Å². The van der Waals surface area contributed by atoms with Gasteiger partial charge in [-0.2, -0.15) is 0 Å². The van der Waals surface area contributed by atoms with Crippen LogP contribution in [0.5, 0.6) is 5.75 Å². The molecule has 0 aliphatic carbocycles. The van der Waals surface area contributed by atoms with Crippen LogP contribution >= 0.6 is 11.3 Å². The van der Waals surface area contributed by atoms with Gasteiger partial charge < -0.3 is 10.2 Å². The van der Waals surface area contributed by atoms with Crippen molar-refractivity contribution in [3.8, 4) is 16.2 Å². The Morgan fingerprint density at radius 1 is 1.34 bits per heavy atom. The number of carboxylic acid groups (broad SMARTS) is 1. The summed E-state index contributed by atoms with van der Waals surface area (Å²) in [6, 6.07) is 7.28. The van der Waals surface area contributed by atoms with E-state index in [2.05, 4.69) is 37.6 Å². The molecule has 0 spiro atoms. The molecule has 2 aromatic rings. The Morgan fingerprint density at radius 3 is 2.69 bits per heavy atom. The lowest BCUT2D eigenvalue weighted by Crippen LogP contribution is -2.53. The predicted molar refractivity (Wildman–Crippen MR) is 117 cm³/mol. The van der Waals surface area contributed by atoms with Crippen molar-refractivity contribution in [2.75, 3.05) is 13.1 Å². The molecular weight excluding hydrogens is 384 g/mol. The van der Waals surface area contributed by atoms with Crippen LogP contribution in [0.3, 0.4) is 0 Å². The van der Waals surface area contributed by atoms with Crippen LogP contribution in [0.2, 0.25) is 0 Å². The number of thiazole rings is 1. The number of aliphatic carboxylic acids is 1. The number of likely N-dealkylation sites (tertiary alicyclic amines) is 1. The zero-order valence-corrected chi connectivity index (χ0v) is 18.6. The van der Waals surface area contributed by atoms with Gasteiger partial charge in [-0.25, -0.2) is 4.98 Å². The van der Waals surface area contributed by atoms with Gasteiger partial charge in [0.05, 0.1) is 16.8 Å². The highest BCUT2D eigenvalue weighted by Gasteiger charge is 2.47. The van der Waals surface area contributed by atoms with Gasteiger partial charge in [-0.15, -0.1) is 11.3 Å². The lowest BCUT2D eigenvalue weighted by atomic mass is 9.65. The molecule has 0 radical (unpaired) electrons. The molecule has 0 unspecified atom stereocenters. The van der Waals surface area contributed by atoms with Crippen molar-refractivity contribution in [1.29, 1.82) is 0 Å². The molecule has 1 aliphatic rings. The number of aromatic hydroxyl groups is 1. The van der Waals surface area contributed by atoms with Crippen LogP contribution in [0.25, 0.3) is 10.4 Å². The Balaban J connectivity index is 1.84. The highest BCUT2D eigenvalue weighted by Crippen LogP contribution is 2.44. The lowest BCUT2D eigenvalue weighted by molar-refractivity contribution is -0.156. The van der Waals surface area contributed by atoms with Gasteiger partial charge in [-0.05, 0) is 36.3 Å². The molecule has 1 aromatic heterocycles. The van der Waals surface area contributed by atoms with E-state index in [-0.39, 0.29) is 11.2 Å². The first kappa shape index (κ1) is 21.8. The van der Waals surface area contributed by atoms with Crippen molar-refractivity contribution in [2.45, 2.75) is 53.5 Å². The van der Waals surface area contributed by atoms with Gasteiger partial charge in [-0.1, -0.05) is 46.2 Å². The summed E-state index contributed by atoms with van der Waals surface area (Å²) in [6.07, 6.45) is 4.10. The van der Waals surface area contributed by atoms with Crippen molar-refractivity contribution in [2.24, 2.45) is 16.7 Å². The second kappa shape index (κ2) is 8.44. The normalized spacial score (nSPS) is 23.2. The number of hydrogen-bond acceptors (Lipinski definition) is 5. The molecule has 158 valence electrons. The first-order valence-electron chi connectivity index (χ1n) is 10.3. The topological polar surface area (TPSA) is 73.7 Å². The largest absolute Gasteiger partial charge is 0.507 e. The first-order chi connectivity index (χ1) is 13.6. The van der Waals surface area contributed by atoms with Gasteiger partial charge in [0.25, 0.3) is 0 Å². The van der Waals surface area contributed by atoms with Gasteiger partial charge in [0.15, 0.2) is 0 Å². The van der Waals surface area contributed by atoms with Gasteiger partial charge in [0, 0.05) is 24.8 Å². The summed E-state index contributed by atoms with van der Waals surface area (Å²) in [7, 11) is 0. The molecule has 2 heterocycles. The summed E-state index contributed by atoms with van der Waals surface area (Å²) in [6.45, 7) is 10.8. The molecule has 0 amide bonds. The molecule has 2 atom stereocenters. The average Bonchev–Trinajstić information content (AvgIpc) is 3.09. The van der Waals surface area contributed by atoms with E-state index >= 15 is 0 Å².